The first-order valence-corrected chi connectivity index (χ1v) is 8.51. The van der Waals surface area contributed by atoms with Crippen LogP contribution in [0.25, 0.3) is 21.8 Å². The van der Waals surface area contributed by atoms with E-state index in [9.17, 15) is 0 Å². The maximum Gasteiger partial charge on any atom is 0.0606 e. The Morgan fingerprint density at radius 1 is 0.792 bits per heavy atom. The van der Waals surface area contributed by atoms with E-state index in [1.165, 1.54) is 38.6 Å². The number of aromatic nitrogens is 1. The first-order chi connectivity index (χ1) is 11.6. The quantitative estimate of drug-likeness (QED) is 0.459. The van der Waals surface area contributed by atoms with Gasteiger partial charge in [-0.1, -0.05) is 62.4 Å². The largest absolute Gasteiger partial charge is 0.377 e. The lowest BCUT2D eigenvalue weighted by Crippen LogP contribution is -2.25. The average molecular weight is 312 g/mol. The number of H-pyrrole nitrogens is 1. The van der Waals surface area contributed by atoms with Crippen molar-refractivity contribution in [2.75, 3.05) is 5.32 Å². The Morgan fingerprint density at radius 3 is 2.38 bits per heavy atom. The number of aromatic amines is 1. The Bertz CT molecular complexity index is 1060. The fourth-order valence-electron chi connectivity index (χ4n) is 4.19. The van der Waals surface area contributed by atoms with Crippen molar-refractivity contribution >= 4 is 27.5 Å². The van der Waals surface area contributed by atoms with E-state index in [0.29, 0.717) is 6.04 Å². The van der Waals surface area contributed by atoms with Crippen molar-refractivity contribution in [3.05, 3.63) is 77.9 Å². The second kappa shape index (κ2) is 4.64. The maximum atomic E-state index is 3.77. The lowest BCUT2D eigenvalue weighted by molar-refractivity contribution is 0.474. The topological polar surface area (TPSA) is 27.8 Å². The molecule has 0 saturated heterocycles. The zero-order valence-electron chi connectivity index (χ0n) is 13.9. The number of nitrogens with one attached hydrogen (secondary N) is 2. The van der Waals surface area contributed by atoms with E-state index in [2.05, 4.69) is 90.9 Å². The number of hydrogen-bond donors (Lipinski definition) is 2. The number of rotatable bonds is 1. The summed E-state index contributed by atoms with van der Waals surface area (Å²) < 4.78 is 0. The Morgan fingerprint density at radius 2 is 1.54 bits per heavy atom. The van der Waals surface area contributed by atoms with Crippen molar-refractivity contribution in [2.24, 2.45) is 0 Å². The molecule has 24 heavy (non-hydrogen) atoms. The van der Waals surface area contributed by atoms with Gasteiger partial charge in [0.05, 0.1) is 6.04 Å². The van der Waals surface area contributed by atoms with E-state index in [1.54, 1.807) is 0 Å². The second-order valence-corrected chi connectivity index (χ2v) is 7.32. The number of anilines is 1. The molecule has 0 radical (unpaired) electrons. The highest BCUT2D eigenvalue weighted by molar-refractivity contribution is 6.09. The highest BCUT2D eigenvalue weighted by Crippen LogP contribution is 2.49. The van der Waals surface area contributed by atoms with Gasteiger partial charge in [-0.3, -0.25) is 0 Å². The minimum Gasteiger partial charge on any atom is -0.377 e. The minimum atomic E-state index is 0.0438. The fraction of sp³-hybridized carbons (Fsp3) is 0.182. The summed E-state index contributed by atoms with van der Waals surface area (Å²) in [5, 5.41) is 6.36. The predicted molar refractivity (Wildman–Crippen MR) is 102 cm³/mol. The summed E-state index contributed by atoms with van der Waals surface area (Å²) in [4.78, 5) is 3.57. The second-order valence-electron chi connectivity index (χ2n) is 7.32. The van der Waals surface area contributed by atoms with E-state index in [-0.39, 0.29) is 5.41 Å². The molecule has 0 fully saturated rings. The van der Waals surface area contributed by atoms with Gasteiger partial charge in [0.15, 0.2) is 0 Å². The zero-order chi connectivity index (χ0) is 16.3. The van der Waals surface area contributed by atoms with Gasteiger partial charge in [-0.2, -0.15) is 0 Å². The zero-order valence-corrected chi connectivity index (χ0v) is 13.9. The van der Waals surface area contributed by atoms with Crippen molar-refractivity contribution in [1.82, 2.24) is 4.98 Å². The molecule has 1 aromatic heterocycles. The smallest absolute Gasteiger partial charge is 0.0606 e. The van der Waals surface area contributed by atoms with Gasteiger partial charge in [0.2, 0.25) is 0 Å². The predicted octanol–water partition coefficient (Wildman–Crippen LogP) is 5.77. The van der Waals surface area contributed by atoms with Gasteiger partial charge < -0.3 is 10.3 Å². The Kier molecular flexibility index (Phi) is 2.64. The van der Waals surface area contributed by atoms with Crippen LogP contribution in [-0.4, -0.2) is 4.98 Å². The fourth-order valence-corrected chi connectivity index (χ4v) is 4.19. The van der Waals surface area contributed by atoms with E-state index in [0.717, 1.165) is 0 Å². The SMILES string of the molecule is CC1(C)c2cc3[nH]c4ccccc4c3cc2NC1c1ccccc1. The van der Waals surface area contributed by atoms with Crippen LogP contribution in [0.2, 0.25) is 0 Å². The standard InChI is InChI=1S/C22H20N2/c1-22(2)17-13-19-16(15-10-6-7-11-18(15)23-19)12-20(17)24-21(22)14-8-4-3-5-9-14/h3-13,21,23-24H,1-2H3. The van der Waals surface area contributed by atoms with Crippen LogP contribution in [0.1, 0.15) is 31.0 Å². The van der Waals surface area contributed by atoms with Crippen molar-refractivity contribution in [1.29, 1.82) is 0 Å². The summed E-state index contributed by atoms with van der Waals surface area (Å²) in [6, 6.07) is 24.2. The molecule has 0 bridgehead atoms. The lowest BCUT2D eigenvalue weighted by Gasteiger charge is -2.28. The highest BCUT2D eigenvalue weighted by Gasteiger charge is 2.40. The molecule has 3 aromatic carbocycles. The van der Waals surface area contributed by atoms with Crippen LogP contribution in [-0.2, 0) is 5.41 Å². The highest BCUT2D eigenvalue weighted by atomic mass is 15.0. The Hall–Kier alpha value is -2.74. The first-order valence-electron chi connectivity index (χ1n) is 8.51. The average Bonchev–Trinajstić information content (AvgIpc) is 3.09. The third kappa shape index (κ3) is 1.77. The van der Waals surface area contributed by atoms with Crippen molar-refractivity contribution in [3.8, 4) is 0 Å². The van der Waals surface area contributed by atoms with Gasteiger partial charge in [0.1, 0.15) is 0 Å². The van der Waals surface area contributed by atoms with Crippen LogP contribution in [0.4, 0.5) is 5.69 Å². The van der Waals surface area contributed by atoms with Gasteiger partial charge in [0, 0.05) is 32.9 Å². The third-order valence-electron chi connectivity index (χ3n) is 5.49. The number of para-hydroxylation sites is 1. The van der Waals surface area contributed by atoms with Crippen LogP contribution in [0.3, 0.4) is 0 Å². The van der Waals surface area contributed by atoms with Crippen LogP contribution in [0, 0.1) is 0 Å². The van der Waals surface area contributed by atoms with E-state index in [1.807, 2.05) is 0 Å². The monoisotopic (exact) mass is 312 g/mol. The van der Waals surface area contributed by atoms with Gasteiger partial charge in [-0.15, -0.1) is 0 Å². The van der Waals surface area contributed by atoms with Gasteiger partial charge in [0.25, 0.3) is 0 Å². The summed E-state index contributed by atoms with van der Waals surface area (Å²) in [5.74, 6) is 0. The molecular formula is C22H20N2. The number of benzene rings is 3. The molecule has 1 aliphatic heterocycles. The van der Waals surface area contributed by atoms with Crippen molar-refractivity contribution in [3.63, 3.8) is 0 Å². The lowest BCUT2D eigenvalue weighted by atomic mass is 9.77. The molecule has 2 N–H and O–H groups in total. The molecule has 1 aliphatic rings. The summed E-state index contributed by atoms with van der Waals surface area (Å²) >= 11 is 0. The molecular weight excluding hydrogens is 292 g/mol. The number of hydrogen-bond acceptors (Lipinski definition) is 1. The van der Waals surface area contributed by atoms with E-state index >= 15 is 0 Å². The first kappa shape index (κ1) is 13.7. The Balaban J connectivity index is 1.72. The van der Waals surface area contributed by atoms with Crippen LogP contribution in [0.15, 0.2) is 66.7 Å². The van der Waals surface area contributed by atoms with Gasteiger partial charge >= 0.3 is 0 Å². The molecule has 2 heterocycles. The Labute approximate surface area is 141 Å². The summed E-state index contributed by atoms with van der Waals surface area (Å²) in [6.07, 6.45) is 0. The summed E-state index contributed by atoms with van der Waals surface area (Å²) in [5.41, 5.74) is 6.45. The van der Waals surface area contributed by atoms with E-state index in [4.69, 9.17) is 0 Å². The minimum absolute atomic E-state index is 0.0438. The van der Waals surface area contributed by atoms with E-state index < -0.39 is 0 Å². The normalized spacial score (nSPS) is 18.7. The molecule has 5 rings (SSSR count). The molecule has 1 atom stereocenters. The van der Waals surface area contributed by atoms with Crippen LogP contribution >= 0.6 is 0 Å². The molecule has 1 unspecified atom stereocenters. The van der Waals surface area contributed by atoms with Crippen LogP contribution < -0.4 is 5.32 Å². The molecule has 2 heteroatoms. The number of fused-ring (bicyclic) bond motifs is 4. The molecule has 0 spiro atoms. The molecule has 4 aromatic rings. The van der Waals surface area contributed by atoms with Crippen molar-refractivity contribution in [2.45, 2.75) is 25.3 Å². The summed E-state index contributed by atoms with van der Waals surface area (Å²) in [6.45, 7) is 4.66. The molecule has 0 saturated carbocycles. The molecule has 0 amide bonds. The maximum absolute atomic E-state index is 3.77. The summed E-state index contributed by atoms with van der Waals surface area (Å²) in [7, 11) is 0. The van der Waals surface area contributed by atoms with Gasteiger partial charge in [-0.25, -0.2) is 0 Å². The molecule has 0 aliphatic carbocycles. The molecule has 118 valence electrons. The van der Waals surface area contributed by atoms with Crippen molar-refractivity contribution < 1.29 is 0 Å². The third-order valence-corrected chi connectivity index (χ3v) is 5.49. The molecule has 2 nitrogen and oxygen atoms in total. The van der Waals surface area contributed by atoms with Crippen LogP contribution in [0.5, 0.6) is 0 Å². The van der Waals surface area contributed by atoms with Gasteiger partial charge in [-0.05, 0) is 29.3 Å².